The topological polar surface area (TPSA) is 96.0 Å². The van der Waals surface area contributed by atoms with Gasteiger partial charge >= 0.3 is 0 Å². The maximum atomic E-state index is 11.3. The predicted octanol–water partition coefficient (Wildman–Crippen LogP) is 0.603. The van der Waals surface area contributed by atoms with Crippen molar-refractivity contribution >= 4 is 21.7 Å². The number of nitrogens with one attached hydrogen (secondary N) is 3. The van der Waals surface area contributed by atoms with Crippen LogP contribution in [0, 0.1) is 0 Å². The van der Waals surface area contributed by atoms with Gasteiger partial charge in [0.2, 0.25) is 10.0 Å². The van der Waals surface area contributed by atoms with Crippen molar-refractivity contribution in [2.75, 3.05) is 37.0 Å². The van der Waals surface area contributed by atoms with E-state index >= 15 is 0 Å². The SMILES string of the molecule is CNc1ncnc(NCCS(=O)(=O)NC)c1C(C)C. The molecule has 1 rings (SSSR count). The fraction of sp³-hybridized carbons (Fsp3) is 0.636. The lowest BCUT2D eigenvalue weighted by molar-refractivity contribution is 0.588. The van der Waals surface area contributed by atoms with E-state index in [4.69, 9.17) is 0 Å². The number of sulfonamides is 1. The number of hydrogen-bond acceptors (Lipinski definition) is 6. The van der Waals surface area contributed by atoms with Crippen LogP contribution in [0.5, 0.6) is 0 Å². The van der Waals surface area contributed by atoms with Crippen LogP contribution in [0.2, 0.25) is 0 Å². The molecule has 8 heteroatoms. The van der Waals surface area contributed by atoms with Crippen molar-refractivity contribution in [3.8, 4) is 0 Å². The molecule has 0 atom stereocenters. The van der Waals surface area contributed by atoms with Crippen molar-refractivity contribution in [3.05, 3.63) is 11.9 Å². The molecule has 0 saturated carbocycles. The van der Waals surface area contributed by atoms with Crippen LogP contribution in [0.3, 0.4) is 0 Å². The molecule has 0 aromatic carbocycles. The average Bonchev–Trinajstić information content (AvgIpc) is 2.37. The first-order valence-electron chi connectivity index (χ1n) is 6.09. The van der Waals surface area contributed by atoms with Gasteiger partial charge in [0, 0.05) is 19.2 Å². The standard InChI is InChI=1S/C11H21N5O2S/c1-8(2)9-10(12-3)15-7-16-11(9)14-5-6-19(17,18)13-4/h7-8,13H,5-6H2,1-4H3,(H2,12,14,15,16). The molecule has 0 unspecified atom stereocenters. The lowest BCUT2D eigenvalue weighted by Crippen LogP contribution is -2.26. The summed E-state index contributed by atoms with van der Waals surface area (Å²) in [4.78, 5) is 8.34. The highest BCUT2D eigenvalue weighted by atomic mass is 32.2. The Bertz CT molecular complexity index is 516. The van der Waals surface area contributed by atoms with Crippen LogP contribution in [-0.2, 0) is 10.0 Å². The van der Waals surface area contributed by atoms with Crippen LogP contribution in [0.25, 0.3) is 0 Å². The molecule has 0 fully saturated rings. The monoisotopic (exact) mass is 287 g/mol. The minimum Gasteiger partial charge on any atom is -0.373 e. The third-order valence-electron chi connectivity index (χ3n) is 2.67. The molecule has 0 spiro atoms. The van der Waals surface area contributed by atoms with Gasteiger partial charge in [0.15, 0.2) is 0 Å². The Morgan fingerprint density at radius 1 is 1.21 bits per heavy atom. The molecule has 3 N–H and O–H groups in total. The smallest absolute Gasteiger partial charge is 0.213 e. The van der Waals surface area contributed by atoms with Gasteiger partial charge in [-0.3, -0.25) is 0 Å². The van der Waals surface area contributed by atoms with Crippen molar-refractivity contribution < 1.29 is 8.42 Å². The molecule has 7 nitrogen and oxygen atoms in total. The van der Waals surface area contributed by atoms with Crippen LogP contribution < -0.4 is 15.4 Å². The number of nitrogens with zero attached hydrogens (tertiary/aromatic N) is 2. The zero-order chi connectivity index (χ0) is 14.5. The van der Waals surface area contributed by atoms with Crippen LogP contribution in [0.4, 0.5) is 11.6 Å². The Kier molecular flexibility index (Phi) is 5.49. The summed E-state index contributed by atoms with van der Waals surface area (Å²) in [5, 5.41) is 6.06. The van der Waals surface area contributed by atoms with Crippen LogP contribution in [-0.4, -0.2) is 44.8 Å². The Morgan fingerprint density at radius 2 is 1.84 bits per heavy atom. The lowest BCUT2D eigenvalue weighted by atomic mass is 10.0. The summed E-state index contributed by atoms with van der Waals surface area (Å²) in [6.45, 7) is 4.37. The quantitative estimate of drug-likeness (QED) is 0.680. The van der Waals surface area contributed by atoms with Gasteiger partial charge in [-0.05, 0) is 13.0 Å². The molecule has 0 bridgehead atoms. The normalized spacial score (nSPS) is 11.6. The zero-order valence-corrected chi connectivity index (χ0v) is 12.5. The number of aromatic nitrogens is 2. The molecule has 1 aromatic heterocycles. The molecule has 1 aromatic rings. The van der Waals surface area contributed by atoms with Gasteiger partial charge in [-0.25, -0.2) is 23.1 Å². The summed E-state index contributed by atoms with van der Waals surface area (Å²) in [5.74, 6) is 1.65. The van der Waals surface area contributed by atoms with Gasteiger partial charge in [-0.2, -0.15) is 0 Å². The first kappa shape index (κ1) is 15.6. The average molecular weight is 287 g/mol. The summed E-state index contributed by atoms with van der Waals surface area (Å²) in [6, 6.07) is 0. The van der Waals surface area contributed by atoms with E-state index in [1.165, 1.54) is 13.4 Å². The molecule has 108 valence electrons. The highest BCUT2D eigenvalue weighted by Gasteiger charge is 2.14. The molecule has 0 aliphatic heterocycles. The van der Waals surface area contributed by atoms with Crippen LogP contribution in [0.1, 0.15) is 25.3 Å². The van der Waals surface area contributed by atoms with Gasteiger partial charge in [0.05, 0.1) is 5.75 Å². The van der Waals surface area contributed by atoms with Gasteiger partial charge in [0.1, 0.15) is 18.0 Å². The molecule has 0 aliphatic rings. The maximum absolute atomic E-state index is 11.3. The van der Waals surface area contributed by atoms with E-state index in [0.717, 1.165) is 11.4 Å². The first-order valence-corrected chi connectivity index (χ1v) is 7.74. The molecule has 0 aliphatic carbocycles. The largest absolute Gasteiger partial charge is 0.373 e. The van der Waals surface area contributed by atoms with E-state index in [0.29, 0.717) is 12.4 Å². The van der Waals surface area contributed by atoms with E-state index in [-0.39, 0.29) is 11.7 Å². The Balaban J connectivity index is 2.84. The van der Waals surface area contributed by atoms with Gasteiger partial charge in [-0.1, -0.05) is 13.8 Å². The fourth-order valence-corrected chi connectivity index (χ4v) is 2.26. The molecular formula is C11H21N5O2S. The Labute approximate surface area is 114 Å². The van der Waals surface area contributed by atoms with Gasteiger partial charge in [0.25, 0.3) is 0 Å². The lowest BCUT2D eigenvalue weighted by Gasteiger charge is -2.16. The van der Waals surface area contributed by atoms with Gasteiger partial charge < -0.3 is 10.6 Å². The third-order valence-corrected chi connectivity index (χ3v) is 4.04. The Morgan fingerprint density at radius 3 is 2.37 bits per heavy atom. The van der Waals surface area contributed by atoms with E-state index in [9.17, 15) is 8.42 Å². The van der Waals surface area contributed by atoms with Crippen molar-refractivity contribution in [1.29, 1.82) is 0 Å². The summed E-state index contributed by atoms with van der Waals surface area (Å²) in [5.41, 5.74) is 0.951. The Hall–Kier alpha value is -1.41. The molecular weight excluding hydrogens is 266 g/mol. The van der Waals surface area contributed by atoms with E-state index in [1.54, 1.807) is 7.05 Å². The highest BCUT2D eigenvalue weighted by Crippen LogP contribution is 2.27. The summed E-state index contributed by atoms with van der Waals surface area (Å²) >= 11 is 0. The fourth-order valence-electron chi connectivity index (χ4n) is 1.69. The van der Waals surface area contributed by atoms with Crippen molar-refractivity contribution in [2.24, 2.45) is 0 Å². The van der Waals surface area contributed by atoms with Crippen molar-refractivity contribution in [2.45, 2.75) is 19.8 Å². The van der Waals surface area contributed by atoms with Gasteiger partial charge in [-0.15, -0.1) is 0 Å². The summed E-state index contributed by atoms with van der Waals surface area (Å²) in [7, 11) is -0.0134. The number of hydrogen-bond donors (Lipinski definition) is 3. The molecule has 0 saturated heterocycles. The van der Waals surface area contributed by atoms with Crippen molar-refractivity contribution in [3.63, 3.8) is 0 Å². The third kappa shape index (κ3) is 4.32. The maximum Gasteiger partial charge on any atom is 0.213 e. The minimum absolute atomic E-state index is 0.0000744. The molecule has 19 heavy (non-hydrogen) atoms. The van der Waals surface area contributed by atoms with Crippen LogP contribution >= 0.6 is 0 Å². The zero-order valence-electron chi connectivity index (χ0n) is 11.7. The second-order valence-corrected chi connectivity index (χ2v) is 6.39. The molecule has 1 heterocycles. The second-order valence-electron chi connectivity index (χ2n) is 4.34. The summed E-state index contributed by atoms with van der Waals surface area (Å²) in [6.07, 6.45) is 1.45. The van der Waals surface area contributed by atoms with E-state index in [1.807, 2.05) is 13.8 Å². The number of rotatable bonds is 7. The van der Waals surface area contributed by atoms with E-state index in [2.05, 4.69) is 25.3 Å². The second kappa shape index (κ2) is 6.67. The first-order chi connectivity index (χ1) is 8.91. The van der Waals surface area contributed by atoms with Crippen molar-refractivity contribution in [1.82, 2.24) is 14.7 Å². The highest BCUT2D eigenvalue weighted by molar-refractivity contribution is 7.89. The predicted molar refractivity (Wildman–Crippen MR) is 77.0 cm³/mol. The molecule has 0 radical (unpaired) electrons. The summed E-state index contributed by atoms with van der Waals surface area (Å²) < 4.78 is 24.9. The number of anilines is 2. The minimum atomic E-state index is -3.21. The van der Waals surface area contributed by atoms with E-state index < -0.39 is 10.0 Å². The molecule has 0 amide bonds. The van der Waals surface area contributed by atoms with Crippen LogP contribution in [0.15, 0.2) is 6.33 Å².